The van der Waals surface area contributed by atoms with Crippen molar-refractivity contribution in [3.63, 3.8) is 0 Å². The summed E-state index contributed by atoms with van der Waals surface area (Å²) >= 11 is 0. The monoisotopic (exact) mass is 350 g/mol. The van der Waals surface area contributed by atoms with Gasteiger partial charge in [-0.15, -0.1) is 10.2 Å². The summed E-state index contributed by atoms with van der Waals surface area (Å²) in [7, 11) is 2.20. The number of ether oxygens (including phenoxy) is 1. The van der Waals surface area contributed by atoms with Crippen molar-refractivity contribution in [1.82, 2.24) is 20.1 Å². The summed E-state index contributed by atoms with van der Waals surface area (Å²) in [4.78, 5) is 6.79. The van der Waals surface area contributed by atoms with Gasteiger partial charge in [-0.05, 0) is 44.9 Å². The Morgan fingerprint density at radius 1 is 1.24 bits per heavy atom. The highest BCUT2D eigenvalue weighted by molar-refractivity contribution is 5.50. The van der Waals surface area contributed by atoms with E-state index >= 15 is 0 Å². The highest BCUT2D eigenvalue weighted by Crippen LogP contribution is 2.35. The van der Waals surface area contributed by atoms with Gasteiger partial charge in [-0.25, -0.2) is 0 Å². The van der Waals surface area contributed by atoms with E-state index in [0.29, 0.717) is 24.3 Å². The molecule has 2 fully saturated rings. The molecule has 134 valence electrons. The molecule has 0 radical (unpaired) electrons. The molecule has 0 N–H and O–H groups in total. The van der Waals surface area contributed by atoms with E-state index in [2.05, 4.69) is 27.1 Å². The first-order valence-electron chi connectivity index (χ1n) is 8.50. The number of pyridine rings is 1. The quantitative estimate of drug-likeness (QED) is 0.825. The summed E-state index contributed by atoms with van der Waals surface area (Å²) in [6, 6.07) is 4.80. The van der Waals surface area contributed by atoms with E-state index in [4.69, 9.17) is 9.15 Å². The molecule has 8 heteroatoms. The van der Waals surface area contributed by atoms with Crippen LogP contribution in [0.3, 0.4) is 0 Å². The van der Waals surface area contributed by atoms with Gasteiger partial charge in [0.1, 0.15) is 0 Å². The van der Waals surface area contributed by atoms with Gasteiger partial charge in [-0.3, -0.25) is 4.98 Å². The number of fused-ring (bicyclic) bond motifs is 2. The fraction of sp³-hybridized carbons (Fsp3) is 0.588. The Balaban J connectivity index is 1.34. The lowest BCUT2D eigenvalue weighted by atomic mass is 10.0. The third-order valence-corrected chi connectivity index (χ3v) is 5.22. The highest BCUT2D eigenvalue weighted by Gasteiger charge is 2.38. The van der Waals surface area contributed by atoms with Gasteiger partial charge in [-0.1, -0.05) is 0 Å². The minimum Gasteiger partial charge on any atom is -0.415 e. The van der Waals surface area contributed by atoms with Gasteiger partial charge in [0, 0.05) is 18.3 Å². The first kappa shape index (κ1) is 16.5. The van der Waals surface area contributed by atoms with E-state index in [-0.39, 0.29) is 12.0 Å². The zero-order valence-electron chi connectivity index (χ0n) is 13.9. The first-order chi connectivity index (χ1) is 12.1. The molecule has 2 saturated heterocycles. The lowest BCUT2D eigenvalue weighted by molar-refractivity contribution is -0.0222. The van der Waals surface area contributed by atoms with Gasteiger partial charge >= 0.3 is 6.43 Å². The van der Waals surface area contributed by atoms with Crippen LogP contribution < -0.4 is 0 Å². The lowest BCUT2D eigenvalue weighted by Crippen LogP contribution is -2.42. The third-order valence-electron chi connectivity index (χ3n) is 5.22. The summed E-state index contributed by atoms with van der Waals surface area (Å²) in [6.45, 7) is 0.445. The van der Waals surface area contributed by atoms with Crippen molar-refractivity contribution >= 4 is 0 Å². The van der Waals surface area contributed by atoms with Gasteiger partial charge in [0.15, 0.2) is 0 Å². The number of alkyl halides is 2. The number of hydrogen-bond donors (Lipinski definition) is 0. The van der Waals surface area contributed by atoms with Crippen molar-refractivity contribution in [3.05, 3.63) is 29.9 Å². The molecule has 0 aliphatic carbocycles. The molecule has 2 aliphatic rings. The fourth-order valence-electron chi connectivity index (χ4n) is 3.78. The topological polar surface area (TPSA) is 64.3 Å². The van der Waals surface area contributed by atoms with Gasteiger partial charge in [0.25, 0.3) is 5.89 Å². The van der Waals surface area contributed by atoms with Gasteiger partial charge in [-0.2, -0.15) is 8.78 Å². The molecular formula is C17H20F2N4O2. The van der Waals surface area contributed by atoms with Crippen molar-refractivity contribution in [2.75, 3.05) is 7.05 Å². The molecule has 2 aromatic heterocycles. The van der Waals surface area contributed by atoms with Gasteiger partial charge in [0.05, 0.1) is 24.0 Å². The number of hydrogen-bond acceptors (Lipinski definition) is 6. The first-order valence-corrected chi connectivity index (χ1v) is 8.50. The molecule has 6 nitrogen and oxygen atoms in total. The maximum atomic E-state index is 12.5. The van der Waals surface area contributed by atoms with Crippen molar-refractivity contribution < 1.29 is 17.9 Å². The maximum absolute atomic E-state index is 12.5. The molecular weight excluding hydrogens is 330 g/mol. The second-order valence-corrected chi connectivity index (χ2v) is 6.74. The Morgan fingerprint density at radius 3 is 2.60 bits per heavy atom. The molecule has 4 heterocycles. The van der Waals surface area contributed by atoms with Crippen molar-refractivity contribution in [2.24, 2.45) is 0 Å². The lowest BCUT2D eigenvalue weighted by Gasteiger charge is -2.36. The van der Waals surface area contributed by atoms with Crippen LogP contribution in [0, 0.1) is 0 Å². The van der Waals surface area contributed by atoms with Crippen LogP contribution in [0.15, 0.2) is 22.7 Å². The highest BCUT2D eigenvalue weighted by atomic mass is 19.3. The van der Waals surface area contributed by atoms with E-state index in [1.54, 1.807) is 18.3 Å². The average molecular weight is 350 g/mol. The molecule has 3 atom stereocenters. The summed E-state index contributed by atoms with van der Waals surface area (Å²) in [5, 5.41) is 6.93. The van der Waals surface area contributed by atoms with Crippen LogP contribution in [0.5, 0.6) is 0 Å². The normalized spacial score (nSPS) is 26.5. The van der Waals surface area contributed by atoms with Crippen molar-refractivity contribution in [1.29, 1.82) is 0 Å². The average Bonchev–Trinajstić information content (AvgIpc) is 3.16. The number of aromatic nitrogens is 3. The van der Waals surface area contributed by atoms with Gasteiger partial charge in [0.2, 0.25) is 5.89 Å². The summed E-state index contributed by atoms with van der Waals surface area (Å²) in [5.41, 5.74) is 1.31. The summed E-state index contributed by atoms with van der Waals surface area (Å²) in [5.74, 6) is -0.638. The van der Waals surface area contributed by atoms with Crippen LogP contribution in [-0.4, -0.2) is 45.3 Å². The number of piperidine rings is 1. The Hall–Kier alpha value is -1.93. The Bertz CT molecular complexity index is 708. The zero-order valence-corrected chi connectivity index (χ0v) is 13.9. The number of rotatable bonds is 5. The van der Waals surface area contributed by atoms with E-state index in [9.17, 15) is 8.78 Å². The Labute approximate surface area is 144 Å². The number of nitrogens with zero attached hydrogens (tertiary/aromatic N) is 4. The minimum absolute atomic E-state index is 0.0437. The van der Waals surface area contributed by atoms with Crippen LogP contribution in [0.1, 0.15) is 43.7 Å². The Kier molecular flexibility index (Phi) is 4.47. The van der Waals surface area contributed by atoms with Crippen LogP contribution in [0.4, 0.5) is 8.78 Å². The van der Waals surface area contributed by atoms with Crippen LogP contribution >= 0.6 is 0 Å². The molecule has 0 unspecified atom stereocenters. The predicted molar refractivity (Wildman–Crippen MR) is 84.9 cm³/mol. The predicted octanol–water partition coefficient (Wildman–Crippen LogP) is 3.21. The molecule has 2 aromatic rings. The largest absolute Gasteiger partial charge is 0.415 e. The van der Waals surface area contributed by atoms with E-state index in [0.717, 1.165) is 18.5 Å². The molecule has 2 aliphatic heterocycles. The number of halogens is 2. The zero-order chi connectivity index (χ0) is 17.4. The molecule has 2 bridgehead atoms. The van der Waals surface area contributed by atoms with E-state index < -0.39 is 12.3 Å². The molecule has 0 saturated carbocycles. The second kappa shape index (κ2) is 6.76. The van der Waals surface area contributed by atoms with Crippen molar-refractivity contribution in [2.45, 2.75) is 56.9 Å². The standard InChI is InChI=1S/C17H20F2N4O2/c1-23-12-4-5-13(23)7-14(6-12)24-9-11-3-2-10(8-20-11)16-21-22-17(25-16)15(18)19/h2-3,8,12-15H,4-7,9H2,1H3/t12-,13+,14-. The molecule has 0 aromatic carbocycles. The van der Waals surface area contributed by atoms with Crippen LogP contribution in [-0.2, 0) is 11.3 Å². The summed E-state index contributed by atoms with van der Waals surface area (Å²) in [6.07, 6.45) is 3.72. The molecule has 4 rings (SSSR count). The smallest absolute Gasteiger partial charge is 0.314 e. The molecule has 25 heavy (non-hydrogen) atoms. The Morgan fingerprint density at radius 2 is 2.00 bits per heavy atom. The van der Waals surface area contributed by atoms with Crippen LogP contribution in [0.25, 0.3) is 11.5 Å². The van der Waals surface area contributed by atoms with Crippen LogP contribution in [0.2, 0.25) is 0 Å². The van der Waals surface area contributed by atoms with E-state index in [1.807, 2.05) is 0 Å². The SMILES string of the molecule is CN1[C@@H]2CC[C@H]1C[C@H](OCc1ccc(-c3nnc(C(F)F)o3)cn1)C2. The maximum Gasteiger partial charge on any atom is 0.314 e. The second-order valence-electron chi connectivity index (χ2n) is 6.74. The van der Waals surface area contributed by atoms with Crippen molar-refractivity contribution in [3.8, 4) is 11.5 Å². The molecule has 0 amide bonds. The van der Waals surface area contributed by atoms with Gasteiger partial charge < -0.3 is 14.1 Å². The minimum atomic E-state index is -2.77. The van der Waals surface area contributed by atoms with E-state index in [1.165, 1.54) is 12.8 Å². The third kappa shape index (κ3) is 3.41. The molecule has 0 spiro atoms. The fourth-order valence-corrected chi connectivity index (χ4v) is 3.78. The summed E-state index contributed by atoms with van der Waals surface area (Å²) < 4.78 is 35.9.